The van der Waals surface area contributed by atoms with E-state index in [4.69, 9.17) is 5.73 Å². The molecule has 0 saturated carbocycles. The second-order valence-electron chi connectivity index (χ2n) is 5.55. The lowest BCUT2D eigenvalue weighted by atomic mass is 9.98. The second-order valence-corrected chi connectivity index (χ2v) is 5.55. The van der Waals surface area contributed by atoms with Gasteiger partial charge in [-0.3, -0.25) is 4.79 Å². The Morgan fingerprint density at radius 3 is 3.00 bits per heavy atom. The maximum atomic E-state index is 11.7. The molecule has 0 unspecified atom stereocenters. The number of hydrogen-bond donors (Lipinski definition) is 2. The average Bonchev–Trinajstić information content (AvgIpc) is 2.96. The zero-order chi connectivity index (χ0) is 14.7. The van der Waals surface area contributed by atoms with Gasteiger partial charge in [-0.1, -0.05) is 30.3 Å². The smallest absolute Gasteiger partial charge is 0.239 e. The van der Waals surface area contributed by atoms with E-state index in [0.29, 0.717) is 5.92 Å². The Kier molecular flexibility index (Phi) is 4.01. The lowest BCUT2D eigenvalue weighted by Gasteiger charge is -2.26. The number of amides is 1. The molecule has 5 heteroatoms. The molecule has 3 rings (SSSR count). The lowest BCUT2D eigenvalue weighted by Crippen LogP contribution is -2.38. The summed E-state index contributed by atoms with van der Waals surface area (Å²) < 4.78 is 2.19. The van der Waals surface area contributed by atoms with Crippen molar-refractivity contribution in [3.63, 3.8) is 0 Å². The molecule has 1 amide bonds. The minimum atomic E-state index is -0.421. The Balaban J connectivity index is 1.62. The first kappa shape index (κ1) is 13.8. The maximum absolute atomic E-state index is 11.7. The summed E-state index contributed by atoms with van der Waals surface area (Å²) in [6, 6.07) is 9.21. The molecular formula is C16H20N4O. The van der Waals surface area contributed by atoms with Gasteiger partial charge in [0, 0.05) is 31.9 Å². The van der Waals surface area contributed by atoms with Gasteiger partial charge in [0.2, 0.25) is 5.91 Å². The number of nitrogens with two attached hydrogens (primary N) is 1. The van der Waals surface area contributed by atoms with Crippen LogP contribution in [-0.2, 0) is 17.8 Å². The van der Waals surface area contributed by atoms with Crippen molar-refractivity contribution in [2.45, 2.75) is 25.4 Å². The number of benzene rings is 1. The minimum Gasteiger partial charge on any atom is -0.368 e. The van der Waals surface area contributed by atoms with Crippen LogP contribution in [0.3, 0.4) is 0 Å². The summed E-state index contributed by atoms with van der Waals surface area (Å²) in [5, 5.41) is 3.32. The van der Waals surface area contributed by atoms with Crippen molar-refractivity contribution in [1.82, 2.24) is 14.9 Å². The van der Waals surface area contributed by atoms with E-state index >= 15 is 0 Å². The fourth-order valence-corrected chi connectivity index (χ4v) is 2.92. The molecule has 5 nitrogen and oxygen atoms in total. The van der Waals surface area contributed by atoms with E-state index in [1.54, 1.807) is 0 Å². The van der Waals surface area contributed by atoms with Gasteiger partial charge in [-0.25, -0.2) is 4.98 Å². The normalized spacial score (nSPS) is 19.0. The van der Waals surface area contributed by atoms with Crippen molar-refractivity contribution in [2.75, 3.05) is 6.54 Å². The summed E-state index contributed by atoms with van der Waals surface area (Å²) in [6.07, 6.45) is 5.95. The minimum absolute atomic E-state index is 0.333. The average molecular weight is 284 g/mol. The van der Waals surface area contributed by atoms with Crippen molar-refractivity contribution in [1.29, 1.82) is 0 Å². The molecular weight excluding hydrogens is 264 g/mol. The highest BCUT2D eigenvalue weighted by Crippen LogP contribution is 2.19. The molecule has 1 aromatic heterocycles. The number of imidazole rings is 1. The molecule has 2 heterocycles. The quantitative estimate of drug-likeness (QED) is 0.868. The SMILES string of the molecule is NC(=O)[C@H](NC[C@@H]1CCc2nccn2C1)c1ccccc1. The Morgan fingerprint density at radius 2 is 2.24 bits per heavy atom. The van der Waals surface area contributed by atoms with Crippen molar-refractivity contribution in [3.05, 3.63) is 54.1 Å². The van der Waals surface area contributed by atoms with Crippen molar-refractivity contribution < 1.29 is 4.79 Å². The fraction of sp³-hybridized carbons (Fsp3) is 0.375. The molecule has 2 atom stereocenters. The number of rotatable bonds is 5. The number of carbonyl (C=O) groups excluding carboxylic acids is 1. The maximum Gasteiger partial charge on any atom is 0.239 e. The molecule has 1 aliphatic rings. The van der Waals surface area contributed by atoms with Gasteiger partial charge in [-0.2, -0.15) is 0 Å². The van der Waals surface area contributed by atoms with E-state index in [1.807, 2.05) is 42.7 Å². The predicted octanol–water partition coefficient (Wildman–Crippen LogP) is 1.26. The van der Waals surface area contributed by atoms with Gasteiger partial charge in [0.05, 0.1) is 0 Å². The van der Waals surface area contributed by atoms with Crippen LogP contribution < -0.4 is 11.1 Å². The monoisotopic (exact) mass is 284 g/mol. The number of hydrogen-bond acceptors (Lipinski definition) is 3. The molecule has 0 spiro atoms. The highest BCUT2D eigenvalue weighted by molar-refractivity contribution is 5.81. The van der Waals surface area contributed by atoms with Gasteiger partial charge < -0.3 is 15.6 Å². The summed E-state index contributed by atoms with van der Waals surface area (Å²) in [5.41, 5.74) is 6.45. The molecule has 1 aromatic carbocycles. The third kappa shape index (κ3) is 3.13. The zero-order valence-corrected chi connectivity index (χ0v) is 11.9. The van der Waals surface area contributed by atoms with Gasteiger partial charge in [0.25, 0.3) is 0 Å². The first-order valence-corrected chi connectivity index (χ1v) is 7.31. The van der Waals surface area contributed by atoms with Crippen molar-refractivity contribution in [2.24, 2.45) is 11.7 Å². The Morgan fingerprint density at radius 1 is 1.43 bits per heavy atom. The van der Waals surface area contributed by atoms with Crippen molar-refractivity contribution in [3.8, 4) is 0 Å². The Hall–Kier alpha value is -2.14. The van der Waals surface area contributed by atoms with Crippen molar-refractivity contribution >= 4 is 5.91 Å². The van der Waals surface area contributed by atoms with Crippen LogP contribution in [0.15, 0.2) is 42.7 Å². The topological polar surface area (TPSA) is 72.9 Å². The number of fused-ring (bicyclic) bond motifs is 1. The third-order valence-electron chi connectivity index (χ3n) is 4.06. The highest BCUT2D eigenvalue weighted by atomic mass is 16.1. The molecule has 2 aromatic rings. The van der Waals surface area contributed by atoms with Crippen LogP contribution >= 0.6 is 0 Å². The first-order chi connectivity index (χ1) is 10.2. The second kappa shape index (κ2) is 6.10. The van der Waals surface area contributed by atoms with Crippen LogP contribution in [0.1, 0.15) is 23.9 Å². The molecule has 1 aliphatic heterocycles. The molecule has 0 aliphatic carbocycles. The van der Waals surface area contributed by atoms with Crippen LogP contribution in [-0.4, -0.2) is 22.0 Å². The lowest BCUT2D eigenvalue weighted by molar-refractivity contribution is -0.120. The summed E-state index contributed by atoms with van der Waals surface area (Å²) >= 11 is 0. The predicted molar refractivity (Wildman–Crippen MR) is 80.4 cm³/mol. The first-order valence-electron chi connectivity index (χ1n) is 7.31. The van der Waals surface area contributed by atoms with E-state index in [9.17, 15) is 4.79 Å². The third-order valence-corrected chi connectivity index (χ3v) is 4.06. The van der Waals surface area contributed by atoms with E-state index in [1.165, 1.54) is 0 Å². The van der Waals surface area contributed by atoms with Crippen LogP contribution in [0.4, 0.5) is 0 Å². The standard InChI is InChI=1S/C16H20N4O/c17-16(21)15(13-4-2-1-3-5-13)19-10-12-6-7-14-18-8-9-20(14)11-12/h1-5,8-9,12,15,19H,6-7,10-11H2,(H2,17,21)/t12-,15+/m0/s1. The number of primary amides is 1. The number of nitrogens with zero attached hydrogens (tertiary/aromatic N) is 2. The van der Waals surface area contributed by atoms with Crippen LogP contribution in [0.2, 0.25) is 0 Å². The van der Waals surface area contributed by atoms with Gasteiger partial charge >= 0.3 is 0 Å². The van der Waals surface area contributed by atoms with E-state index in [2.05, 4.69) is 14.9 Å². The largest absolute Gasteiger partial charge is 0.368 e. The zero-order valence-electron chi connectivity index (χ0n) is 11.9. The van der Waals surface area contributed by atoms with E-state index in [0.717, 1.165) is 37.3 Å². The van der Waals surface area contributed by atoms with Crippen LogP contribution in [0.5, 0.6) is 0 Å². The van der Waals surface area contributed by atoms with Crippen LogP contribution in [0, 0.1) is 5.92 Å². The summed E-state index contributed by atoms with van der Waals surface area (Å²) in [7, 11) is 0. The number of nitrogens with one attached hydrogen (secondary N) is 1. The molecule has 110 valence electrons. The summed E-state index contributed by atoms with van der Waals surface area (Å²) in [4.78, 5) is 16.0. The number of aromatic nitrogens is 2. The molecule has 3 N–H and O–H groups in total. The van der Waals surface area contributed by atoms with Gasteiger partial charge in [0.1, 0.15) is 11.9 Å². The fourth-order valence-electron chi connectivity index (χ4n) is 2.92. The van der Waals surface area contributed by atoms with Gasteiger partial charge in [-0.15, -0.1) is 0 Å². The van der Waals surface area contributed by atoms with E-state index < -0.39 is 6.04 Å². The highest BCUT2D eigenvalue weighted by Gasteiger charge is 2.22. The summed E-state index contributed by atoms with van der Waals surface area (Å²) in [5.74, 6) is 1.32. The number of carbonyl (C=O) groups is 1. The molecule has 0 bridgehead atoms. The Labute approximate surface area is 124 Å². The summed E-state index contributed by atoms with van der Waals surface area (Å²) in [6.45, 7) is 1.72. The van der Waals surface area contributed by atoms with Crippen LogP contribution in [0.25, 0.3) is 0 Å². The molecule has 0 radical (unpaired) electrons. The van der Waals surface area contributed by atoms with Gasteiger partial charge in [0.15, 0.2) is 0 Å². The number of aryl methyl sites for hydroxylation is 1. The Bertz CT molecular complexity index is 608. The molecule has 21 heavy (non-hydrogen) atoms. The molecule has 0 saturated heterocycles. The van der Waals surface area contributed by atoms with Gasteiger partial charge in [-0.05, 0) is 17.9 Å². The molecule has 0 fully saturated rings. The van der Waals surface area contributed by atoms with E-state index in [-0.39, 0.29) is 5.91 Å².